The van der Waals surface area contributed by atoms with Crippen LogP contribution in [0.1, 0.15) is 23.2 Å². The second-order valence-electron chi connectivity index (χ2n) is 6.56. The average molecular weight is 404 g/mol. The highest BCUT2D eigenvalue weighted by atomic mass is 32.2. The highest BCUT2D eigenvalue weighted by molar-refractivity contribution is 7.92. The minimum Gasteiger partial charge on any atom is -0.495 e. The van der Waals surface area contributed by atoms with E-state index in [2.05, 4.69) is 5.32 Å². The van der Waals surface area contributed by atoms with E-state index in [1.165, 1.54) is 42.7 Å². The van der Waals surface area contributed by atoms with Gasteiger partial charge < -0.3 is 14.8 Å². The molecule has 2 aromatic carbocycles. The molecule has 1 fully saturated rings. The number of para-hydroxylation sites is 2. The van der Waals surface area contributed by atoms with Gasteiger partial charge in [-0.05, 0) is 49.2 Å². The molecule has 1 saturated heterocycles. The molecule has 28 heavy (non-hydrogen) atoms. The first-order valence-electron chi connectivity index (χ1n) is 9.04. The van der Waals surface area contributed by atoms with Crippen molar-refractivity contribution in [1.82, 2.24) is 5.32 Å². The number of hydrogen-bond acceptors (Lipinski definition) is 5. The van der Waals surface area contributed by atoms with Gasteiger partial charge >= 0.3 is 0 Å². The number of anilines is 1. The van der Waals surface area contributed by atoms with Gasteiger partial charge in [-0.1, -0.05) is 12.1 Å². The number of hydrogen-bond donors (Lipinski definition) is 1. The number of nitrogens with one attached hydrogen (secondary N) is 1. The van der Waals surface area contributed by atoms with Crippen molar-refractivity contribution < 1.29 is 22.7 Å². The van der Waals surface area contributed by atoms with Crippen LogP contribution in [0.15, 0.2) is 53.4 Å². The van der Waals surface area contributed by atoms with Gasteiger partial charge in [-0.2, -0.15) is 0 Å². The summed E-state index contributed by atoms with van der Waals surface area (Å²) in [5.74, 6) is 0.219. The Kier molecular flexibility index (Phi) is 6.21. The lowest BCUT2D eigenvalue weighted by Gasteiger charge is -2.23. The molecule has 1 unspecified atom stereocenters. The standard InChI is InChI=1S/C20H24N2O5S/c1-22(18-7-3-4-8-19(18)26-2)28(24,25)17-11-9-15(10-12-17)20(23)21-16-6-5-13-27-14-16/h3-4,7-12,16H,5-6,13-14H2,1-2H3,(H,21,23). The number of rotatable bonds is 6. The zero-order valence-corrected chi connectivity index (χ0v) is 16.7. The largest absolute Gasteiger partial charge is 0.495 e. The Hall–Kier alpha value is -2.58. The molecule has 1 atom stereocenters. The molecule has 0 spiro atoms. The molecule has 2 aromatic rings. The average Bonchev–Trinajstić information content (AvgIpc) is 2.74. The Morgan fingerprint density at radius 2 is 1.89 bits per heavy atom. The molecule has 0 radical (unpaired) electrons. The number of carbonyl (C=O) groups is 1. The molecule has 1 N–H and O–H groups in total. The van der Waals surface area contributed by atoms with Crippen molar-refractivity contribution in [2.45, 2.75) is 23.8 Å². The van der Waals surface area contributed by atoms with Crippen LogP contribution < -0.4 is 14.4 Å². The van der Waals surface area contributed by atoms with Crippen molar-refractivity contribution in [3.63, 3.8) is 0 Å². The van der Waals surface area contributed by atoms with E-state index in [4.69, 9.17) is 9.47 Å². The van der Waals surface area contributed by atoms with E-state index >= 15 is 0 Å². The van der Waals surface area contributed by atoms with Crippen LogP contribution in [0.2, 0.25) is 0 Å². The van der Waals surface area contributed by atoms with E-state index in [0.29, 0.717) is 23.6 Å². The van der Waals surface area contributed by atoms with Crippen LogP contribution in [0, 0.1) is 0 Å². The summed E-state index contributed by atoms with van der Waals surface area (Å²) < 4.78 is 37.7. The fraction of sp³-hybridized carbons (Fsp3) is 0.350. The fourth-order valence-electron chi connectivity index (χ4n) is 3.08. The molecule has 0 bridgehead atoms. The summed E-state index contributed by atoms with van der Waals surface area (Å²) in [5.41, 5.74) is 0.841. The molecule has 1 aliphatic rings. The van der Waals surface area contributed by atoms with Crippen LogP contribution in [-0.4, -0.2) is 47.7 Å². The van der Waals surface area contributed by atoms with Gasteiger partial charge in [0, 0.05) is 19.2 Å². The highest BCUT2D eigenvalue weighted by Crippen LogP contribution is 2.30. The maximum Gasteiger partial charge on any atom is 0.264 e. The number of nitrogens with zero attached hydrogens (tertiary/aromatic N) is 1. The third-order valence-corrected chi connectivity index (χ3v) is 6.48. The van der Waals surface area contributed by atoms with Crippen LogP contribution in [0.25, 0.3) is 0 Å². The van der Waals surface area contributed by atoms with E-state index in [9.17, 15) is 13.2 Å². The smallest absolute Gasteiger partial charge is 0.264 e. The highest BCUT2D eigenvalue weighted by Gasteiger charge is 2.24. The van der Waals surface area contributed by atoms with Crippen LogP contribution >= 0.6 is 0 Å². The van der Waals surface area contributed by atoms with E-state index in [0.717, 1.165) is 19.4 Å². The van der Waals surface area contributed by atoms with Gasteiger partial charge in [-0.3, -0.25) is 9.10 Å². The van der Waals surface area contributed by atoms with Gasteiger partial charge in [0.05, 0.1) is 30.3 Å². The van der Waals surface area contributed by atoms with Crippen molar-refractivity contribution in [2.75, 3.05) is 31.7 Å². The number of benzene rings is 2. The predicted octanol–water partition coefficient (Wildman–Crippen LogP) is 2.43. The summed E-state index contributed by atoms with van der Waals surface area (Å²) in [5, 5.41) is 2.92. The first-order valence-corrected chi connectivity index (χ1v) is 10.5. The Labute approximate surface area is 165 Å². The summed E-state index contributed by atoms with van der Waals surface area (Å²) in [7, 11) is -0.833. The molecule has 0 aromatic heterocycles. The molecule has 0 saturated carbocycles. The lowest BCUT2D eigenvalue weighted by Crippen LogP contribution is -2.40. The fourth-order valence-corrected chi connectivity index (χ4v) is 4.29. The van der Waals surface area contributed by atoms with Crippen molar-refractivity contribution in [3.05, 3.63) is 54.1 Å². The van der Waals surface area contributed by atoms with Crippen LogP contribution in [0.4, 0.5) is 5.69 Å². The van der Waals surface area contributed by atoms with Crippen molar-refractivity contribution in [1.29, 1.82) is 0 Å². The third kappa shape index (κ3) is 4.28. The number of methoxy groups -OCH3 is 1. The summed E-state index contributed by atoms with van der Waals surface area (Å²) in [6, 6.07) is 12.8. The number of carbonyl (C=O) groups excluding carboxylic acids is 1. The second kappa shape index (κ2) is 8.62. The second-order valence-corrected chi connectivity index (χ2v) is 8.53. The van der Waals surface area contributed by atoms with Gasteiger partial charge in [0.1, 0.15) is 5.75 Å². The Bertz CT molecular complexity index is 922. The topological polar surface area (TPSA) is 84.9 Å². The molecular formula is C20H24N2O5S. The molecule has 8 heteroatoms. The SMILES string of the molecule is COc1ccccc1N(C)S(=O)(=O)c1ccc(C(=O)NC2CCCOC2)cc1. The lowest BCUT2D eigenvalue weighted by molar-refractivity contribution is 0.0624. The maximum atomic E-state index is 13.0. The monoisotopic (exact) mass is 404 g/mol. The first-order chi connectivity index (χ1) is 13.4. The zero-order chi connectivity index (χ0) is 20.1. The van der Waals surface area contributed by atoms with Gasteiger partial charge in [0.25, 0.3) is 15.9 Å². The van der Waals surface area contributed by atoms with Gasteiger partial charge in [-0.25, -0.2) is 8.42 Å². The van der Waals surface area contributed by atoms with E-state index < -0.39 is 10.0 Å². The van der Waals surface area contributed by atoms with Gasteiger partial charge in [-0.15, -0.1) is 0 Å². The van der Waals surface area contributed by atoms with Crippen LogP contribution in [0.3, 0.4) is 0 Å². The van der Waals surface area contributed by atoms with Gasteiger partial charge in [0.2, 0.25) is 0 Å². The lowest BCUT2D eigenvalue weighted by atomic mass is 10.1. The summed E-state index contributed by atoms with van der Waals surface area (Å²) in [4.78, 5) is 12.5. The van der Waals surface area contributed by atoms with E-state index in [1.807, 2.05) is 0 Å². The maximum absolute atomic E-state index is 13.0. The third-order valence-electron chi connectivity index (χ3n) is 4.69. The molecule has 3 rings (SSSR count). The molecular weight excluding hydrogens is 380 g/mol. The van der Waals surface area contributed by atoms with E-state index in [1.54, 1.807) is 24.3 Å². The quantitative estimate of drug-likeness (QED) is 0.799. The molecule has 150 valence electrons. The van der Waals surface area contributed by atoms with Crippen molar-refractivity contribution in [3.8, 4) is 5.75 Å². The van der Waals surface area contributed by atoms with Crippen molar-refractivity contribution >= 4 is 21.6 Å². The summed E-state index contributed by atoms with van der Waals surface area (Å²) in [6.45, 7) is 1.22. The number of sulfonamides is 1. The normalized spacial score (nSPS) is 17.0. The first kappa shape index (κ1) is 20.2. The molecule has 1 aliphatic heterocycles. The molecule has 1 heterocycles. The Morgan fingerprint density at radius 1 is 1.18 bits per heavy atom. The van der Waals surface area contributed by atoms with Crippen molar-refractivity contribution in [2.24, 2.45) is 0 Å². The predicted molar refractivity (Wildman–Crippen MR) is 106 cm³/mol. The minimum atomic E-state index is -3.79. The molecule has 7 nitrogen and oxygen atoms in total. The Balaban J connectivity index is 1.76. The Morgan fingerprint density at radius 3 is 2.54 bits per heavy atom. The molecule has 0 aliphatic carbocycles. The summed E-state index contributed by atoms with van der Waals surface area (Å²) in [6.07, 6.45) is 1.79. The van der Waals surface area contributed by atoms with Gasteiger partial charge in [0.15, 0.2) is 0 Å². The zero-order valence-electron chi connectivity index (χ0n) is 15.9. The summed E-state index contributed by atoms with van der Waals surface area (Å²) >= 11 is 0. The van der Waals surface area contributed by atoms with E-state index in [-0.39, 0.29) is 16.8 Å². The molecule has 1 amide bonds. The number of amides is 1. The van der Waals surface area contributed by atoms with Crippen LogP contribution in [-0.2, 0) is 14.8 Å². The number of ether oxygens (including phenoxy) is 2. The van der Waals surface area contributed by atoms with Crippen LogP contribution in [0.5, 0.6) is 5.75 Å². The minimum absolute atomic E-state index is 0.0127.